The van der Waals surface area contributed by atoms with E-state index in [9.17, 15) is 9.90 Å². The van der Waals surface area contributed by atoms with Gasteiger partial charge in [0.15, 0.2) is 5.82 Å². The van der Waals surface area contributed by atoms with E-state index in [0.717, 1.165) is 77.3 Å². The Kier molecular flexibility index (Phi) is 10.4. The molecule has 3 atom stereocenters. The first kappa shape index (κ1) is 30.9. The maximum atomic E-state index is 12.6. The van der Waals surface area contributed by atoms with E-state index in [0.29, 0.717) is 24.4 Å². The smallest absolute Gasteiger partial charge is 0.321 e. The highest BCUT2D eigenvalue weighted by molar-refractivity contribution is 5.74. The second-order valence-corrected chi connectivity index (χ2v) is 13.2. The Morgan fingerprint density at radius 3 is 2.34 bits per heavy atom. The lowest BCUT2D eigenvalue weighted by Crippen LogP contribution is -2.47. The molecule has 2 aliphatic heterocycles. The van der Waals surface area contributed by atoms with E-state index >= 15 is 0 Å². The van der Waals surface area contributed by atoms with Crippen LogP contribution in [0, 0.1) is 11.8 Å². The van der Waals surface area contributed by atoms with Gasteiger partial charge in [-0.25, -0.2) is 0 Å². The zero-order valence-electron chi connectivity index (χ0n) is 26.3. The summed E-state index contributed by atoms with van der Waals surface area (Å²) in [5, 5.41) is 23.7. The highest BCUT2D eigenvalue weighted by atomic mass is 16.4. The molecule has 3 aromatic rings. The van der Waals surface area contributed by atoms with Crippen molar-refractivity contribution in [2.24, 2.45) is 11.8 Å². The molecule has 1 aliphatic carbocycles. The Morgan fingerprint density at radius 2 is 1.66 bits per heavy atom. The number of nitrogens with zero attached hydrogens (tertiary/aromatic N) is 7. The lowest BCUT2D eigenvalue weighted by Gasteiger charge is -2.39. The Bertz CT molecular complexity index is 1300. The number of hydrogen-bond donors (Lipinski definition) is 1. The van der Waals surface area contributed by atoms with Gasteiger partial charge in [-0.2, -0.15) is 4.80 Å². The van der Waals surface area contributed by atoms with E-state index in [1.165, 1.54) is 30.4 Å². The molecule has 1 saturated carbocycles. The second-order valence-electron chi connectivity index (χ2n) is 13.2. The predicted octanol–water partition coefficient (Wildman–Crippen LogP) is 4.76. The van der Waals surface area contributed by atoms with Crippen LogP contribution in [0.1, 0.15) is 74.7 Å². The minimum Gasteiger partial charge on any atom is -0.480 e. The molecule has 3 heterocycles. The molecule has 1 aromatic heterocycles. The Morgan fingerprint density at radius 1 is 0.955 bits per heavy atom. The van der Waals surface area contributed by atoms with Crippen molar-refractivity contribution in [1.82, 2.24) is 34.9 Å². The monoisotopic (exact) mass is 599 g/mol. The van der Waals surface area contributed by atoms with Crippen molar-refractivity contribution >= 4 is 5.97 Å². The van der Waals surface area contributed by atoms with Crippen LogP contribution in [0.25, 0.3) is 0 Å². The molecule has 3 fully saturated rings. The summed E-state index contributed by atoms with van der Waals surface area (Å²) in [6, 6.07) is 21.2. The number of aliphatic carboxylic acids is 1. The molecule has 2 saturated heterocycles. The van der Waals surface area contributed by atoms with Gasteiger partial charge in [0.25, 0.3) is 0 Å². The van der Waals surface area contributed by atoms with Crippen LogP contribution in [-0.2, 0) is 17.9 Å². The summed E-state index contributed by atoms with van der Waals surface area (Å²) in [5.74, 6) is 1.25. The Balaban J connectivity index is 1.06. The lowest BCUT2D eigenvalue weighted by molar-refractivity contribution is -0.145. The van der Waals surface area contributed by atoms with Crippen molar-refractivity contribution in [2.45, 2.75) is 83.0 Å². The van der Waals surface area contributed by atoms with Crippen LogP contribution in [0.15, 0.2) is 60.7 Å². The standard InChI is InChI=1S/C35H49N7O2/c1-2-40(26-33-36-38-42(37-33)22-27-12-6-3-7-13-27)31-18-20-39(21-19-31)23-30-24-41(25-32(30)28-14-8-4-9-15-28)34(35(43)44)29-16-10-5-11-17-29/h3-4,6-9,12-15,29-32,34H,2,5,10-11,16-26H2,1H3,(H,43,44)/t30-,32+,34+/m0/s1. The van der Waals surface area contributed by atoms with E-state index < -0.39 is 5.97 Å². The first-order valence-corrected chi connectivity index (χ1v) is 16.9. The molecule has 9 heteroatoms. The zero-order valence-corrected chi connectivity index (χ0v) is 26.3. The first-order chi connectivity index (χ1) is 21.6. The average Bonchev–Trinajstić information content (AvgIpc) is 3.68. The molecule has 0 bridgehead atoms. The Labute approximate surface area is 262 Å². The molecule has 9 nitrogen and oxygen atoms in total. The number of rotatable bonds is 12. The predicted molar refractivity (Wildman–Crippen MR) is 171 cm³/mol. The highest BCUT2D eigenvalue weighted by Gasteiger charge is 2.43. The van der Waals surface area contributed by atoms with E-state index in [-0.39, 0.29) is 12.0 Å². The van der Waals surface area contributed by atoms with Crippen molar-refractivity contribution in [3.05, 3.63) is 77.6 Å². The SMILES string of the molecule is CCN(Cc1nnn(Cc2ccccc2)n1)C1CCN(C[C@H]2CN([C@@H](C(=O)O)C3CCCCC3)C[C@@H]2c2ccccc2)CC1. The summed E-state index contributed by atoms with van der Waals surface area (Å²) in [6.07, 6.45) is 7.92. The molecule has 44 heavy (non-hydrogen) atoms. The second kappa shape index (κ2) is 14.8. The fourth-order valence-corrected chi connectivity index (χ4v) is 8.13. The Hall–Kier alpha value is -3.14. The molecular weight excluding hydrogens is 550 g/mol. The third-order valence-corrected chi connectivity index (χ3v) is 10.4. The van der Waals surface area contributed by atoms with E-state index in [1.54, 1.807) is 4.80 Å². The molecule has 2 aromatic carbocycles. The number of aromatic nitrogens is 4. The molecule has 0 spiro atoms. The number of carboxylic acids is 1. The fourth-order valence-electron chi connectivity index (χ4n) is 8.13. The van der Waals surface area contributed by atoms with Crippen LogP contribution >= 0.6 is 0 Å². The highest BCUT2D eigenvalue weighted by Crippen LogP contribution is 2.38. The molecule has 0 radical (unpaired) electrons. The molecule has 6 rings (SSSR count). The minimum atomic E-state index is -0.626. The first-order valence-electron chi connectivity index (χ1n) is 16.9. The van der Waals surface area contributed by atoms with Gasteiger partial charge in [0.05, 0.1) is 13.1 Å². The van der Waals surface area contributed by atoms with Gasteiger partial charge in [0.2, 0.25) is 0 Å². The molecule has 0 amide bonds. The van der Waals surface area contributed by atoms with Gasteiger partial charge in [0, 0.05) is 31.6 Å². The summed E-state index contributed by atoms with van der Waals surface area (Å²) in [6.45, 7) is 9.43. The van der Waals surface area contributed by atoms with Crippen LogP contribution in [-0.4, -0.2) is 97.3 Å². The number of carbonyl (C=O) groups is 1. The van der Waals surface area contributed by atoms with Gasteiger partial charge in [-0.1, -0.05) is 86.8 Å². The number of piperidine rings is 1. The van der Waals surface area contributed by atoms with Crippen molar-refractivity contribution in [2.75, 3.05) is 39.3 Å². The van der Waals surface area contributed by atoms with Crippen molar-refractivity contribution in [3.63, 3.8) is 0 Å². The van der Waals surface area contributed by atoms with Crippen LogP contribution in [0.3, 0.4) is 0 Å². The quantitative estimate of drug-likeness (QED) is 0.319. The van der Waals surface area contributed by atoms with Crippen molar-refractivity contribution in [3.8, 4) is 0 Å². The topological polar surface area (TPSA) is 90.6 Å². The third kappa shape index (κ3) is 7.56. The third-order valence-electron chi connectivity index (χ3n) is 10.4. The number of tetrazole rings is 1. The van der Waals surface area contributed by atoms with Gasteiger partial charge in [-0.15, -0.1) is 10.2 Å². The summed E-state index contributed by atoms with van der Waals surface area (Å²) in [5.41, 5.74) is 2.52. The van der Waals surface area contributed by atoms with Gasteiger partial charge in [-0.3, -0.25) is 14.6 Å². The van der Waals surface area contributed by atoms with Crippen LogP contribution in [0.5, 0.6) is 0 Å². The number of benzene rings is 2. The van der Waals surface area contributed by atoms with Crippen LogP contribution in [0.4, 0.5) is 0 Å². The largest absolute Gasteiger partial charge is 0.480 e. The summed E-state index contributed by atoms with van der Waals surface area (Å²) >= 11 is 0. The molecule has 3 aliphatic rings. The minimum absolute atomic E-state index is 0.279. The van der Waals surface area contributed by atoms with Crippen LogP contribution in [0.2, 0.25) is 0 Å². The molecule has 1 N–H and O–H groups in total. The molecule has 236 valence electrons. The van der Waals surface area contributed by atoms with E-state index in [1.807, 2.05) is 18.2 Å². The molecule has 0 unspecified atom stereocenters. The van der Waals surface area contributed by atoms with E-state index in [2.05, 4.69) is 79.5 Å². The summed E-state index contributed by atoms with van der Waals surface area (Å²) < 4.78 is 0. The maximum Gasteiger partial charge on any atom is 0.321 e. The van der Waals surface area contributed by atoms with Gasteiger partial charge >= 0.3 is 5.97 Å². The van der Waals surface area contributed by atoms with E-state index in [4.69, 9.17) is 0 Å². The van der Waals surface area contributed by atoms with Crippen LogP contribution < -0.4 is 0 Å². The number of likely N-dealkylation sites (tertiary alicyclic amines) is 2. The molecular formula is C35H49N7O2. The summed E-state index contributed by atoms with van der Waals surface area (Å²) in [7, 11) is 0. The van der Waals surface area contributed by atoms with Gasteiger partial charge in [0.1, 0.15) is 6.04 Å². The van der Waals surface area contributed by atoms with Gasteiger partial charge < -0.3 is 10.0 Å². The summed E-state index contributed by atoms with van der Waals surface area (Å²) in [4.78, 5) is 21.8. The average molecular weight is 600 g/mol. The normalized spacial score (nSPS) is 23.3. The van der Waals surface area contributed by atoms with Gasteiger partial charge in [-0.05, 0) is 73.5 Å². The zero-order chi connectivity index (χ0) is 30.3. The fraction of sp³-hybridized carbons (Fsp3) is 0.600. The van der Waals surface area contributed by atoms with Crippen molar-refractivity contribution < 1.29 is 9.90 Å². The number of carboxylic acid groups (broad SMARTS) is 1. The van der Waals surface area contributed by atoms with Crippen molar-refractivity contribution in [1.29, 1.82) is 0 Å². The maximum absolute atomic E-state index is 12.6. The lowest BCUT2D eigenvalue weighted by atomic mass is 9.83. The number of hydrogen-bond acceptors (Lipinski definition) is 7.